The molecule has 0 aliphatic carbocycles. The summed E-state index contributed by atoms with van der Waals surface area (Å²) in [5.74, 6) is -0.262. The lowest BCUT2D eigenvalue weighted by Crippen LogP contribution is -2.62. The molecule has 0 aromatic heterocycles. The molecule has 6 heteroatoms. The molecule has 1 aromatic rings. The second kappa shape index (κ2) is 5.37. The lowest BCUT2D eigenvalue weighted by Gasteiger charge is -2.38. The molecule has 1 aromatic carbocycles. The van der Waals surface area contributed by atoms with Crippen LogP contribution in [0.4, 0.5) is 5.69 Å². The van der Waals surface area contributed by atoms with Crippen molar-refractivity contribution in [1.82, 2.24) is 5.32 Å². The molecule has 1 saturated heterocycles. The van der Waals surface area contributed by atoms with Crippen LogP contribution in [-0.2, 0) is 9.59 Å². The van der Waals surface area contributed by atoms with Gasteiger partial charge in [-0.25, -0.2) is 0 Å². The van der Waals surface area contributed by atoms with Crippen LogP contribution in [0.25, 0.3) is 0 Å². The molecule has 1 aliphatic heterocycles. The van der Waals surface area contributed by atoms with Gasteiger partial charge in [-0.05, 0) is 39.5 Å². The fourth-order valence-corrected chi connectivity index (χ4v) is 2.59. The smallest absolute Gasteiger partial charge is 0.250 e. The summed E-state index contributed by atoms with van der Waals surface area (Å²) in [6.45, 7) is 5.81. The van der Waals surface area contributed by atoms with E-state index < -0.39 is 6.04 Å². The van der Waals surface area contributed by atoms with Gasteiger partial charge in [0.15, 0.2) is 0 Å². The molecule has 20 heavy (non-hydrogen) atoms. The molecule has 0 bridgehead atoms. The van der Waals surface area contributed by atoms with Crippen molar-refractivity contribution in [2.75, 3.05) is 11.4 Å². The first-order chi connectivity index (χ1) is 9.20. The van der Waals surface area contributed by atoms with Gasteiger partial charge < -0.3 is 10.2 Å². The second-order valence-corrected chi connectivity index (χ2v) is 7.15. The average Bonchev–Trinajstić information content (AvgIpc) is 2.34. The Kier molecular flexibility index (Phi) is 4.12. The van der Waals surface area contributed by atoms with Gasteiger partial charge in [0, 0.05) is 10.2 Å². The molecule has 0 radical (unpaired) electrons. The van der Waals surface area contributed by atoms with E-state index in [2.05, 4.69) is 21.2 Å². The molecule has 108 valence electrons. The van der Waals surface area contributed by atoms with Crippen LogP contribution in [0.2, 0.25) is 5.02 Å². The number of halogens is 2. The Morgan fingerprint density at radius 3 is 2.55 bits per heavy atom. The van der Waals surface area contributed by atoms with Gasteiger partial charge in [-0.3, -0.25) is 9.59 Å². The van der Waals surface area contributed by atoms with E-state index in [1.165, 1.54) is 4.90 Å². The quantitative estimate of drug-likeness (QED) is 0.838. The van der Waals surface area contributed by atoms with Crippen LogP contribution in [-0.4, -0.2) is 24.4 Å². The Labute approximate surface area is 131 Å². The number of nitrogens with one attached hydrogen (secondary N) is 1. The molecule has 0 spiro atoms. The number of carbonyl (C=O) groups is 2. The monoisotopic (exact) mass is 358 g/mol. The zero-order valence-corrected chi connectivity index (χ0v) is 13.9. The third-order valence-electron chi connectivity index (χ3n) is 3.20. The number of piperazine rings is 1. The van der Waals surface area contributed by atoms with Crippen molar-refractivity contribution in [1.29, 1.82) is 0 Å². The minimum Gasteiger partial charge on any atom is -0.342 e. The van der Waals surface area contributed by atoms with Gasteiger partial charge in [-0.2, -0.15) is 0 Å². The molecule has 2 amide bonds. The van der Waals surface area contributed by atoms with E-state index in [9.17, 15) is 9.59 Å². The summed E-state index contributed by atoms with van der Waals surface area (Å²) >= 11 is 9.29. The number of amides is 2. The second-order valence-electron chi connectivity index (χ2n) is 5.89. The lowest BCUT2D eigenvalue weighted by atomic mass is 9.84. The van der Waals surface area contributed by atoms with E-state index in [0.29, 0.717) is 15.2 Å². The highest BCUT2D eigenvalue weighted by molar-refractivity contribution is 9.10. The van der Waals surface area contributed by atoms with E-state index in [1.54, 1.807) is 18.2 Å². The molecule has 1 unspecified atom stereocenters. The third kappa shape index (κ3) is 2.99. The number of anilines is 1. The molecule has 1 atom stereocenters. The number of hydrogen-bond donors (Lipinski definition) is 1. The molecular formula is C14H16BrClN2O2. The topological polar surface area (TPSA) is 49.4 Å². The van der Waals surface area contributed by atoms with Crippen LogP contribution in [0.1, 0.15) is 20.8 Å². The van der Waals surface area contributed by atoms with Gasteiger partial charge in [0.25, 0.3) is 5.91 Å². The molecule has 4 nitrogen and oxygen atoms in total. The van der Waals surface area contributed by atoms with Gasteiger partial charge >= 0.3 is 0 Å². The third-order valence-corrected chi connectivity index (χ3v) is 4.41. The SMILES string of the molecule is CC(C)(C)C1NC(=O)CN(c2ccc(Cl)c(Br)c2)C1=O. The van der Waals surface area contributed by atoms with Crippen molar-refractivity contribution in [2.45, 2.75) is 26.8 Å². The van der Waals surface area contributed by atoms with Gasteiger partial charge in [0.2, 0.25) is 5.91 Å². The van der Waals surface area contributed by atoms with Crippen molar-refractivity contribution in [3.05, 3.63) is 27.7 Å². The standard InChI is InChI=1S/C14H16BrClN2O2/c1-14(2,3)12-13(20)18(7-11(19)17-12)8-4-5-10(16)9(15)6-8/h4-6,12H,7H2,1-3H3,(H,17,19). The molecule has 1 N–H and O–H groups in total. The van der Waals surface area contributed by atoms with Crippen molar-refractivity contribution >= 4 is 45.0 Å². The molecule has 1 heterocycles. The summed E-state index contributed by atoms with van der Waals surface area (Å²) in [6, 6.07) is 4.66. The van der Waals surface area contributed by atoms with Crippen molar-refractivity contribution in [3.63, 3.8) is 0 Å². The maximum absolute atomic E-state index is 12.6. The van der Waals surface area contributed by atoms with Crippen molar-refractivity contribution in [2.24, 2.45) is 5.41 Å². The summed E-state index contributed by atoms with van der Waals surface area (Å²) in [5.41, 5.74) is 0.324. The van der Waals surface area contributed by atoms with Crippen molar-refractivity contribution in [3.8, 4) is 0 Å². The Balaban J connectivity index is 2.37. The van der Waals surface area contributed by atoms with E-state index in [4.69, 9.17) is 11.6 Å². The lowest BCUT2D eigenvalue weighted by molar-refractivity contribution is -0.133. The number of hydrogen-bond acceptors (Lipinski definition) is 2. The highest BCUT2D eigenvalue weighted by Gasteiger charge is 2.40. The highest BCUT2D eigenvalue weighted by atomic mass is 79.9. The first kappa shape index (κ1) is 15.3. The summed E-state index contributed by atoms with van der Waals surface area (Å²) in [4.78, 5) is 25.9. The Morgan fingerprint density at radius 2 is 2.00 bits per heavy atom. The number of carbonyl (C=O) groups excluding carboxylic acids is 2. The Morgan fingerprint density at radius 1 is 1.35 bits per heavy atom. The van der Waals surface area contributed by atoms with Crippen LogP contribution in [0, 0.1) is 5.41 Å². The van der Waals surface area contributed by atoms with Gasteiger partial charge in [-0.15, -0.1) is 0 Å². The van der Waals surface area contributed by atoms with Crippen molar-refractivity contribution < 1.29 is 9.59 Å². The first-order valence-electron chi connectivity index (χ1n) is 6.26. The predicted molar refractivity (Wildman–Crippen MR) is 82.9 cm³/mol. The number of rotatable bonds is 1. The zero-order valence-electron chi connectivity index (χ0n) is 11.5. The molecule has 1 aliphatic rings. The largest absolute Gasteiger partial charge is 0.342 e. The van der Waals surface area contributed by atoms with Gasteiger partial charge in [-0.1, -0.05) is 32.4 Å². The fraction of sp³-hybridized carbons (Fsp3) is 0.429. The molecule has 1 fully saturated rings. The first-order valence-corrected chi connectivity index (χ1v) is 7.43. The van der Waals surface area contributed by atoms with Crippen LogP contribution in [0.15, 0.2) is 22.7 Å². The zero-order chi connectivity index (χ0) is 15.1. The fourth-order valence-electron chi connectivity index (χ4n) is 2.10. The molecular weight excluding hydrogens is 344 g/mol. The van der Waals surface area contributed by atoms with Gasteiger partial charge in [0.05, 0.1) is 5.02 Å². The van der Waals surface area contributed by atoms with E-state index in [0.717, 1.165) is 0 Å². The average molecular weight is 360 g/mol. The van der Waals surface area contributed by atoms with E-state index in [-0.39, 0.29) is 23.8 Å². The summed E-state index contributed by atoms with van der Waals surface area (Å²) in [5, 5.41) is 3.33. The maximum Gasteiger partial charge on any atom is 0.250 e. The summed E-state index contributed by atoms with van der Waals surface area (Å²) < 4.78 is 0.697. The predicted octanol–water partition coefficient (Wildman–Crippen LogP) is 2.98. The van der Waals surface area contributed by atoms with Gasteiger partial charge in [0.1, 0.15) is 12.6 Å². The van der Waals surface area contributed by atoms with Crippen LogP contribution >= 0.6 is 27.5 Å². The van der Waals surface area contributed by atoms with Crippen LogP contribution in [0.3, 0.4) is 0 Å². The summed E-state index contributed by atoms with van der Waals surface area (Å²) in [7, 11) is 0. The van der Waals surface area contributed by atoms with Crippen LogP contribution in [0.5, 0.6) is 0 Å². The maximum atomic E-state index is 12.6. The highest BCUT2D eigenvalue weighted by Crippen LogP contribution is 2.30. The minimum atomic E-state index is -0.529. The minimum absolute atomic E-state index is 0.0273. The summed E-state index contributed by atoms with van der Waals surface area (Å²) in [6.07, 6.45) is 0. The molecule has 0 saturated carbocycles. The van der Waals surface area contributed by atoms with E-state index in [1.807, 2.05) is 20.8 Å². The van der Waals surface area contributed by atoms with E-state index >= 15 is 0 Å². The molecule has 2 rings (SSSR count). The Bertz CT molecular complexity index is 569. The van der Waals surface area contributed by atoms with Crippen LogP contribution < -0.4 is 10.2 Å². The Hall–Kier alpha value is -1.07. The normalized spacial score (nSPS) is 20.1. The number of nitrogens with zero attached hydrogens (tertiary/aromatic N) is 1. The number of benzene rings is 1.